The number of methoxy groups -OCH3 is 2. The van der Waals surface area contributed by atoms with Crippen LogP contribution in [0.1, 0.15) is 112 Å². The lowest BCUT2D eigenvalue weighted by molar-refractivity contribution is -0.118. The molecule has 13 nitrogen and oxygen atoms in total. The van der Waals surface area contributed by atoms with E-state index in [0.717, 1.165) is 88.9 Å². The molecule has 4 heterocycles. The molecule has 4 aliphatic rings. The van der Waals surface area contributed by atoms with Crippen LogP contribution in [-0.4, -0.2) is 128 Å². The minimum atomic E-state index is -0.279. The molecule has 2 aromatic rings. The van der Waals surface area contributed by atoms with Crippen molar-refractivity contribution in [2.75, 3.05) is 53.5 Å². The number of para-hydroxylation sites is 2. The van der Waals surface area contributed by atoms with Gasteiger partial charge in [0.15, 0.2) is 0 Å². The van der Waals surface area contributed by atoms with E-state index in [9.17, 15) is 19.2 Å². The van der Waals surface area contributed by atoms with Crippen molar-refractivity contribution >= 4 is 23.4 Å². The van der Waals surface area contributed by atoms with E-state index < -0.39 is 0 Å². The molecule has 0 saturated carbocycles. The third-order valence-electron chi connectivity index (χ3n) is 11.2. The number of nitrogens with one attached hydrogen (secondary N) is 2. The predicted molar refractivity (Wildman–Crippen MR) is 219 cm³/mol. The van der Waals surface area contributed by atoms with Crippen molar-refractivity contribution in [3.05, 3.63) is 58.7 Å². The molecule has 2 fully saturated rings. The van der Waals surface area contributed by atoms with E-state index in [4.69, 9.17) is 18.9 Å². The van der Waals surface area contributed by atoms with Crippen LogP contribution in [-0.2, 0) is 31.9 Å². The summed E-state index contributed by atoms with van der Waals surface area (Å²) in [5.41, 5.74) is 2.81. The molecule has 13 heteroatoms. The lowest BCUT2D eigenvalue weighted by Crippen LogP contribution is -2.54. The Labute approximate surface area is 338 Å². The van der Waals surface area contributed by atoms with Gasteiger partial charge in [0.2, 0.25) is 0 Å². The summed E-state index contributed by atoms with van der Waals surface area (Å²) < 4.78 is 23.4. The normalized spacial score (nSPS) is 23.3. The summed E-state index contributed by atoms with van der Waals surface area (Å²) in [5, 5.41) is 6.33. The number of ketones is 2. The fourth-order valence-electron chi connectivity index (χ4n) is 8.36. The predicted octanol–water partition coefficient (Wildman–Crippen LogP) is 4.35. The lowest BCUT2D eigenvalue weighted by atomic mass is 9.99. The van der Waals surface area contributed by atoms with E-state index >= 15 is 0 Å². The molecule has 0 aliphatic carbocycles. The number of likely N-dealkylation sites (tertiary alicyclic amines) is 2. The number of ether oxygens (including phenoxy) is 4. The Morgan fingerprint density at radius 3 is 1.42 bits per heavy atom. The Balaban J connectivity index is 0.000000248. The summed E-state index contributed by atoms with van der Waals surface area (Å²) in [4.78, 5) is 52.8. The Bertz CT molecular complexity index is 1590. The van der Waals surface area contributed by atoms with Crippen LogP contribution in [0, 0.1) is 0 Å². The van der Waals surface area contributed by atoms with Gasteiger partial charge in [-0.15, -0.1) is 0 Å². The number of benzene rings is 2. The number of carbonyl (C=O) groups is 4. The van der Waals surface area contributed by atoms with Gasteiger partial charge in [0.05, 0.1) is 35.4 Å². The van der Waals surface area contributed by atoms with Gasteiger partial charge in [0.25, 0.3) is 11.8 Å². The average molecular weight is 795 g/mol. The van der Waals surface area contributed by atoms with Gasteiger partial charge in [-0.2, -0.15) is 0 Å². The van der Waals surface area contributed by atoms with Crippen molar-refractivity contribution in [2.24, 2.45) is 0 Å². The van der Waals surface area contributed by atoms with Crippen molar-refractivity contribution in [2.45, 2.75) is 128 Å². The number of nitrogens with zero attached hydrogens (tertiary/aromatic N) is 2. The fraction of sp³-hybridized carbons (Fsp3) is 0.636. The maximum absolute atomic E-state index is 13.0. The second kappa shape index (κ2) is 20.2. The number of rotatable bonds is 14. The summed E-state index contributed by atoms with van der Waals surface area (Å²) in [6.45, 7) is 16.5. The van der Waals surface area contributed by atoms with Gasteiger partial charge in [-0.25, -0.2) is 0 Å². The van der Waals surface area contributed by atoms with Gasteiger partial charge in [-0.05, 0) is 104 Å². The van der Waals surface area contributed by atoms with E-state index in [-0.39, 0.29) is 64.4 Å². The fourth-order valence-corrected chi connectivity index (χ4v) is 8.36. The molecular formula is C44H66N4O9. The molecule has 4 aliphatic heterocycles. The first kappa shape index (κ1) is 45.8. The number of piperidine rings is 2. The number of amides is 2. The van der Waals surface area contributed by atoms with E-state index in [1.165, 1.54) is 0 Å². The van der Waals surface area contributed by atoms with Gasteiger partial charge in [0.1, 0.15) is 34.3 Å². The summed E-state index contributed by atoms with van der Waals surface area (Å²) in [7, 11) is 3.38. The van der Waals surface area contributed by atoms with Crippen LogP contribution < -0.4 is 20.1 Å². The van der Waals surface area contributed by atoms with Crippen LogP contribution in [0.25, 0.3) is 0 Å². The van der Waals surface area contributed by atoms with Gasteiger partial charge >= 0.3 is 0 Å². The summed E-state index contributed by atoms with van der Waals surface area (Å²) >= 11 is 0. The van der Waals surface area contributed by atoms with Gasteiger partial charge in [0, 0.05) is 66.1 Å². The number of fused-ring (bicyclic) bond motifs is 2. The molecule has 2 saturated heterocycles. The maximum Gasteiger partial charge on any atom is 0.255 e. The average Bonchev–Trinajstić information content (AvgIpc) is 3.65. The zero-order valence-corrected chi connectivity index (χ0v) is 35.3. The molecule has 316 valence electrons. The first-order valence-electron chi connectivity index (χ1n) is 20.3. The smallest absolute Gasteiger partial charge is 0.255 e. The summed E-state index contributed by atoms with van der Waals surface area (Å²) in [6, 6.07) is 11.5. The first-order chi connectivity index (χ1) is 26.6. The minimum absolute atomic E-state index is 0. The molecule has 0 spiro atoms. The van der Waals surface area contributed by atoms with E-state index in [1.54, 1.807) is 28.1 Å². The van der Waals surface area contributed by atoms with Crippen LogP contribution in [0.4, 0.5) is 0 Å². The largest absolute Gasteiger partial charge is 0.486 e. The Morgan fingerprint density at radius 1 is 0.684 bits per heavy atom. The maximum atomic E-state index is 13.0. The zero-order chi connectivity index (χ0) is 40.6. The standard InChI is InChI=1S/2C22H32N2O4.H2O/c2*1-15(25)7-6-11-24-12-10-18(19(14-24)27-4)23-21(26)17-9-5-8-16-13-22(2,3)28-20(16)17;/h2*5,8-9,18-19H,6-7,10-14H2,1-4H3,(H,23,26);1H2. The van der Waals surface area contributed by atoms with E-state index in [1.807, 2.05) is 64.1 Å². The lowest BCUT2D eigenvalue weighted by Gasteiger charge is -2.38. The van der Waals surface area contributed by atoms with Crippen molar-refractivity contribution in [3.63, 3.8) is 0 Å². The Kier molecular flexibility index (Phi) is 16.2. The highest BCUT2D eigenvalue weighted by atomic mass is 16.5. The molecule has 0 aromatic heterocycles. The molecule has 2 amide bonds. The van der Waals surface area contributed by atoms with Crippen LogP contribution in [0.2, 0.25) is 0 Å². The highest BCUT2D eigenvalue weighted by Crippen LogP contribution is 2.39. The third-order valence-corrected chi connectivity index (χ3v) is 11.2. The molecule has 2 aromatic carbocycles. The van der Waals surface area contributed by atoms with E-state index in [2.05, 4.69) is 20.4 Å². The van der Waals surface area contributed by atoms with Crippen LogP contribution in [0.5, 0.6) is 11.5 Å². The monoisotopic (exact) mass is 794 g/mol. The van der Waals surface area contributed by atoms with Gasteiger partial charge in [-0.1, -0.05) is 24.3 Å². The van der Waals surface area contributed by atoms with Crippen molar-refractivity contribution < 1.29 is 43.6 Å². The van der Waals surface area contributed by atoms with Crippen molar-refractivity contribution in [1.82, 2.24) is 20.4 Å². The number of carbonyl (C=O) groups excluding carboxylic acids is 4. The van der Waals surface area contributed by atoms with Crippen LogP contribution in [0.15, 0.2) is 36.4 Å². The topological polar surface area (TPSA) is 167 Å². The molecule has 6 rings (SSSR count). The summed E-state index contributed by atoms with van der Waals surface area (Å²) in [6.07, 6.45) is 6.10. The second-order valence-corrected chi connectivity index (χ2v) is 17.2. The second-order valence-electron chi connectivity index (χ2n) is 17.2. The molecule has 4 unspecified atom stereocenters. The summed E-state index contributed by atoms with van der Waals surface area (Å²) in [5.74, 6) is 1.66. The highest BCUT2D eigenvalue weighted by Gasteiger charge is 2.37. The number of hydrogen-bond donors (Lipinski definition) is 2. The van der Waals surface area contributed by atoms with Gasteiger partial charge in [-0.3, -0.25) is 9.59 Å². The number of Topliss-reactive ketones (excluding diaryl/α,β-unsaturated/α-hetero) is 2. The molecule has 4 N–H and O–H groups in total. The Morgan fingerprint density at radius 2 is 1.07 bits per heavy atom. The first-order valence-corrected chi connectivity index (χ1v) is 20.3. The van der Waals surface area contributed by atoms with Crippen LogP contribution in [0.3, 0.4) is 0 Å². The molecule has 0 radical (unpaired) electrons. The molecule has 0 bridgehead atoms. The highest BCUT2D eigenvalue weighted by molar-refractivity contribution is 5.98. The van der Waals surface area contributed by atoms with Crippen molar-refractivity contribution in [3.8, 4) is 11.5 Å². The van der Waals surface area contributed by atoms with E-state index in [0.29, 0.717) is 35.5 Å². The third kappa shape index (κ3) is 12.6. The molecule has 57 heavy (non-hydrogen) atoms. The van der Waals surface area contributed by atoms with Crippen molar-refractivity contribution in [1.29, 1.82) is 0 Å². The van der Waals surface area contributed by atoms with Gasteiger partial charge < -0.3 is 54.4 Å². The Hall–Kier alpha value is -3.88. The SMILES string of the molecule is COC1CN(CCCC(C)=O)CCC1NC(=O)c1cccc2c1OC(C)(C)C2.COC1CN(CCCC(C)=O)CCC1NC(=O)c1cccc2c1OC(C)(C)C2.O. The zero-order valence-electron chi connectivity index (χ0n) is 35.3. The number of hydrogen-bond acceptors (Lipinski definition) is 10. The quantitative estimate of drug-likeness (QED) is 0.281. The van der Waals surface area contributed by atoms with Crippen LogP contribution >= 0.6 is 0 Å². The molecular weight excluding hydrogens is 729 g/mol. The molecule has 4 atom stereocenters. The minimum Gasteiger partial charge on any atom is -0.486 e.